The highest BCUT2D eigenvalue weighted by molar-refractivity contribution is 7.85. The Morgan fingerprint density at radius 3 is 1.97 bits per heavy atom. The Kier molecular flexibility index (Phi) is 10.5. The number of aryl methyl sites for hydroxylation is 2. The van der Waals surface area contributed by atoms with Gasteiger partial charge in [0.25, 0.3) is 11.4 Å². The molecule has 11 nitrogen and oxygen atoms in total. The fourth-order valence-corrected chi connectivity index (χ4v) is 3.41. The molecule has 0 N–H and O–H groups in total. The van der Waals surface area contributed by atoms with E-state index in [1.165, 1.54) is 24.3 Å². The van der Waals surface area contributed by atoms with Crippen LogP contribution in [0, 0.1) is 27.2 Å². The summed E-state index contributed by atoms with van der Waals surface area (Å²) in [7, 11) is -2.43. The Labute approximate surface area is 213 Å². The summed E-state index contributed by atoms with van der Waals surface area (Å²) in [5.41, 5.74) is 1.74. The van der Waals surface area contributed by atoms with Crippen molar-refractivity contribution in [2.45, 2.75) is 18.2 Å². The molecule has 0 saturated carbocycles. The molecule has 4 aromatic rings. The second-order valence-electron chi connectivity index (χ2n) is 7.60. The van der Waals surface area contributed by atoms with Gasteiger partial charge in [0.05, 0.1) is 27.2 Å². The quantitative estimate of drug-likeness (QED) is 0.164. The van der Waals surface area contributed by atoms with Crippen molar-refractivity contribution in [3.63, 3.8) is 0 Å². The molecule has 0 saturated heterocycles. The van der Waals surface area contributed by atoms with Gasteiger partial charge in [0, 0.05) is 36.2 Å². The minimum absolute atomic E-state index is 0.178. The van der Waals surface area contributed by atoms with Gasteiger partial charge in [-0.3, -0.25) is 25.2 Å². The largest absolute Gasteiger partial charge is 0.744 e. The summed E-state index contributed by atoms with van der Waals surface area (Å²) in [6, 6.07) is 20.8. The third-order valence-electron chi connectivity index (χ3n) is 4.89. The van der Waals surface area contributed by atoms with Gasteiger partial charge in [-0.2, -0.15) is 0 Å². The van der Waals surface area contributed by atoms with Gasteiger partial charge in [-0.15, -0.1) is 0 Å². The van der Waals surface area contributed by atoms with Gasteiger partial charge in [0.15, 0.2) is 11.9 Å². The van der Waals surface area contributed by atoms with Crippen molar-refractivity contribution in [1.82, 2.24) is 4.98 Å². The number of nitro groups is 2. The Morgan fingerprint density at radius 2 is 1.51 bits per heavy atom. The first-order valence-corrected chi connectivity index (χ1v) is 12.1. The molecule has 0 aliphatic heterocycles. The summed E-state index contributed by atoms with van der Waals surface area (Å²) >= 11 is 0. The van der Waals surface area contributed by atoms with Crippen molar-refractivity contribution in [3.05, 3.63) is 135 Å². The predicted molar refractivity (Wildman–Crippen MR) is 134 cm³/mol. The van der Waals surface area contributed by atoms with Gasteiger partial charge in [-0.05, 0) is 37.3 Å². The van der Waals surface area contributed by atoms with Gasteiger partial charge >= 0.3 is 0 Å². The second-order valence-corrected chi connectivity index (χ2v) is 8.98. The van der Waals surface area contributed by atoms with Gasteiger partial charge in [-0.25, -0.2) is 13.0 Å². The van der Waals surface area contributed by atoms with Gasteiger partial charge in [0.1, 0.15) is 17.2 Å². The second kappa shape index (κ2) is 13.5. The molecule has 192 valence electrons. The summed E-state index contributed by atoms with van der Waals surface area (Å²) in [5, 5.41) is 21.7. The highest BCUT2D eigenvalue weighted by Gasteiger charge is 2.21. The molecule has 0 atom stereocenters. The molecule has 0 aliphatic rings. The first-order chi connectivity index (χ1) is 17.5. The molecule has 0 fully saturated rings. The third kappa shape index (κ3) is 9.55. The van der Waals surface area contributed by atoms with Crippen LogP contribution in [-0.4, -0.2) is 27.8 Å². The molecule has 2 heterocycles. The van der Waals surface area contributed by atoms with Crippen LogP contribution in [-0.2, 0) is 23.6 Å². The third-order valence-corrected chi connectivity index (χ3v) is 5.74. The highest BCUT2D eigenvalue weighted by atomic mass is 32.2. The Hall–Kier alpha value is -4.55. The monoisotopic (exact) mass is 524 g/mol. The normalized spacial score (nSPS) is 10.2. The van der Waals surface area contributed by atoms with Crippen molar-refractivity contribution in [3.8, 4) is 0 Å². The van der Waals surface area contributed by atoms with Gasteiger partial charge < -0.3 is 4.55 Å². The molecule has 2 aromatic carbocycles. The molecule has 0 bridgehead atoms. The lowest BCUT2D eigenvalue weighted by atomic mass is 10.1. The lowest BCUT2D eigenvalue weighted by molar-refractivity contribution is -0.678. The smallest absolute Gasteiger partial charge is 0.280 e. The standard InChI is InChI=1S/C13H12N3O4.C7H8O3S.C5H5N/c1-14-7-3-2-4-11(14)8-10-5-6-12(15(17)18)9-13(10)16(19)20;1-6-2-4-7(5-3-6)11(8,9)10;1-2-4-6-5-3-1/h2-7,9H,8H2,1H3;2-5H,1H3,(H,8,9,10);1-5H/q+1;;/p-1. The van der Waals surface area contributed by atoms with E-state index in [1.54, 1.807) is 24.5 Å². The van der Waals surface area contributed by atoms with Crippen LogP contribution in [0.5, 0.6) is 0 Å². The number of pyridine rings is 2. The number of hydrogen-bond donors (Lipinski definition) is 0. The van der Waals surface area contributed by atoms with E-state index in [1.807, 2.05) is 61.1 Å². The lowest BCUT2D eigenvalue weighted by Gasteiger charge is -2.05. The number of non-ortho nitro benzene ring substituents is 1. The Morgan fingerprint density at radius 1 is 0.865 bits per heavy atom. The zero-order valence-electron chi connectivity index (χ0n) is 20.0. The first kappa shape index (κ1) is 28.7. The Bertz CT molecular complexity index is 1420. The number of benzene rings is 2. The fraction of sp³-hybridized carbons (Fsp3) is 0.120. The van der Waals surface area contributed by atoms with E-state index < -0.39 is 20.0 Å². The molecule has 12 heteroatoms. The number of rotatable bonds is 5. The van der Waals surface area contributed by atoms with Crippen LogP contribution in [0.3, 0.4) is 0 Å². The zero-order valence-corrected chi connectivity index (χ0v) is 20.8. The molecular formula is C25H24N4O7S. The molecule has 2 aromatic heterocycles. The van der Waals surface area contributed by atoms with Crippen LogP contribution in [0.15, 0.2) is 102 Å². The van der Waals surface area contributed by atoms with Crippen LogP contribution in [0.2, 0.25) is 0 Å². The van der Waals surface area contributed by atoms with E-state index in [0.717, 1.165) is 17.3 Å². The molecule has 0 radical (unpaired) electrons. The predicted octanol–water partition coefficient (Wildman–Crippen LogP) is 3.90. The number of nitrogens with zero attached hydrogens (tertiary/aromatic N) is 4. The van der Waals surface area contributed by atoms with Crippen molar-refractivity contribution in [2.24, 2.45) is 7.05 Å². The zero-order chi connectivity index (χ0) is 27.4. The fourth-order valence-electron chi connectivity index (χ4n) is 2.94. The van der Waals surface area contributed by atoms with E-state index >= 15 is 0 Å². The van der Waals surface area contributed by atoms with Crippen LogP contribution in [0.1, 0.15) is 16.8 Å². The average molecular weight is 525 g/mol. The Balaban J connectivity index is 0.000000235. The minimum Gasteiger partial charge on any atom is -0.744 e. The van der Waals surface area contributed by atoms with Crippen molar-refractivity contribution in [1.29, 1.82) is 0 Å². The summed E-state index contributed by atoms with van der Waals surface area (Å²) in [5.74, 6) is 0. The van der Waals surface area contributed by atoms with Crippen molar-refractivity contribution >= 4 is 21.5 Å². The van der Waals surface area contributed by atoms with E-state index in [0.29, 0.717) is 12.0 Å². The van der Waals surface area contributed by atoms with Crippen LogP contribution in [0.25, 0.3) is 0 Å². The molecule has 0 unspecified atom stereocenters. The van der Waals surface area contributed by atoms with Crippen LogP contribution < -0.4 is 4.57 Å². The van der Waals surface area contributed by atoms with E-state index in [4.69, 9.17) is 0 Å². The van der Waals surface area contributed by atoms with E-state index in [9.17, 15) is 33.2 Å². The molecule has 4 rings (SSSR count). The molecule has 0 amide bonds. The maximum atomic E-state index is 11.0. The van der Waals surface area contributed by atoms with Gasteiger partial charge in [0.2, 0.25) is 0 Å². The van der Waals surface area contributed by atoms with Crippen molar-refractivity contribution < 1.29 is 27.4 Å². The molecule has 0 aliphatic carbocycles. The van der Waals surface area contributed by atoms with Crippen LogP contribution in [0.4, 0.5) is 11.4 Å². The molecule has 37 heavy (non-hydrogen) atoms. The minimum atomic E-state index is -4.27. The van der Waals surface area contributed by atoms with Crippen LogP contribution >= 0.6 is 0 Å². The topological polar surface area (TPSA) is 160 Å². The summed E-state index contributed by atoms with van der Waals surface area (Å²) in [6.07, 6.45) is 5.68. The molecule has 0 spiro atoms. The summed E-state index contributed by atoms with van der Waals surface area (Å²) in [6.45, 7) is 1.82. The molecular weight excluding hydrogens is 500 g/mol. The van der Waals surface area contributed by atoms with Gasteiger partial charge in [-0.1, -0.05) is 29.8 Å². The maximum Gasteiger partial charge on any atom is 0.280 e. The summed E-state index contributed by atoms with van der Waals surface area (Å²) in [4.78, 5) is 24.1. The number of nitro benzene ring substituents is 2. The lowest BCUT2D eigenvalue weighted by Crippen LogP contribution is -2.32. The van der Waals surface area contributed by atoms with E-state index in [-0.39, 0.29) is 16.3 Å². The maximum absolute atomic E-state index is 11.0. The number of aromatic nitrogens is 2. The summed E-state index contributed by atoms with van der Waals surface area (Å²) < 4.78 is 33.0. The van der Waals surface area contributed by atoms with Crippen molar-refractivity contribution in [2.75, 3.05) is 0 Å². The highest BCUT2D eigenvalue weighted by Crippen LogP contribution is 2.26. The van der Waals surface area contributed by atoms with E-state index in [2.05, 4.69) is 4.98 Å². The average Bonchev–Trinajstić information content (AvgIpc) is 2.87. The first-order valence-electron chi connectivity index (χ1n) is 10.7. The SMILES string of the molecule is C[n+]1ccccc1Cc1ccc([N+](=O)[O-])cc1[N+](=O)[O-].Cc1ccc(S(=O)(=O)[O-])cc1.c1ccncc1. The number of hydrogen-bond acceptors (Lipinski definition) is 8.